The molecule has 0 N–H and O–H groups in total. The first kappa shape index (κ1) is 14.8. The number of hydrogen-bond donors (Lipinski definition) is 0. The lowest BCUT2D eigenvalue weighted by Crippen LogP contribution is -2.29. The van der Waals surface area contributed by atoms with Crippen LogP contribution in [-0.4, -0.2) is 26.3 Å². The van der Waals surface area contributed by atoms with Crippen molar-refractivity contribution in [2.45, 2.75) is 20.8 Å². The van der Waals surface area contributed by atoms with Crippen molar-refractivity contribution in [3.8, 4) is 0 Å². The van der Waals surface area contributed by atoms with Crippen molar-refractivity contribution in [2.75, 3.05) is 5.23 Å². The molecule has 0 radical (unpaired) electrons. The molecule has 3 rings (SSSR count). The number of imidazole rings is 1. The van der Waals surface area contributed by atoms with Gasteiger partial charge in [-0.1, -0.05) is 6.07 Å². The van der Waals surface area contributed by atoms with Crippen LogP contribution < -0.4 is 5.23 Å². The highest BCUT2D eigenvalue weighted by Crippen LogP contribution is 2.27. The minimum atomic E-state index is -0.624. The highest BCUT2D eigenvalue weighted by molar-refractivity contribution is 5.84. The zero-order valence-corrected chi connectivity index (χ0v) is 12.8. The molecule has 0 aromatic carbocycles. The van der Waals surface area contributed by atoms with Gasteiger partial charge in [0.05, 0.1) is 6.20 Å². The normalized spacial score (nSPS) is 10.7. The van der Waals surface area contributed by atoms with Crippen LogP contribution in [0.5, 0.6) is 0 Å². The molecule has 0 unspecified atom stereocenters. The minimum Gasteiger partial charge on any atom is -0.306 e. The number of anilines is 1. The molecular weight excluding hydrogens is 300 g/mol. The molecule has 0 aliphatic carbocycles. The van der Waals surface area contributed by atoms with Gasteiger partial charge in [-0.25, -0.2) is 19.6 Å². The largest absolute Gasteiger partial charge is 0.333 e. The van der Waals surface area contributed by atoms with Crippen molar-refractivity contribution < 1.29 is 19.3 Å². The topological polar surface area (TPSA) is 86.0 Å². The number of pyridine rings is 2. The van der Waals surface area contributed by atoms with Crippen LogP contribution in [0.1, 0.15) is 19.4 Å². The maximum Gasteiger partial charge on any atom is 0.333 e. The Balaban J connectivity index is 2.16. The van der Waals surface area contributed by atoms with Gasteiger partial charge in [0, 0.05) is 25.6 Å². The van der Waals surface area contributed by atoms with Crippen LogP contribution in [0, 0.1) is 6.92 Å². The fraction of sp³-hybridized carbons (Fsp3) is 0.200. The van der Waals surface area contributed by atoms with Crippen LogP contribution in [-0.2, 0) is 19.3 Å². The van der Waals surface area contributed by atoms with Gasteiger partial charge in [0.15, 0.2) is 5.65 Å². The fourth-order valence-corrected chi connectivity index (χ4v) is 2.23. The molecule has 0 aliphatic heterocycles. The Morgan fingerprint density at radius 1 is 1.17 bits per heavy atom. The number of fused-ring (bicyclic) bond motifs is 3. The molecule has 0 spiro atoms. The third kappa shape index (κ3) is 2.66. The maximum absolute atomic E-state index is 11.2. The molecule has 0 bridgehead atoms. The second-order valence-corrected chi connectivity index (χ2v) is 4.90. The summed E-state index contributed by atoms with van der Waals surface area (Å²) in [7, 11) is 0. The van der Waals surface area contributed by atoms with Gasteiger partial charge < -0.3 is 9.68 Å². The molecule has 8 heteroatoms. The van der Waals surface area contributed by atoms with Crippen LogP contribution in [0.2, 0.25) is 0 Å². The smallest absolute Gasteiger partial charge is 0.306 e. The Morgan fingerprint density at radius 3 is 2.52 bits per heavy atom. The summed E-state index contributed by atoms with van der Waals surface area (Å²) in [5, 5.41) is 0.760. The van der Waals surface area contributed by atoms with Crippen molar-refractivity contribution in [1.82, 2.24) is 14.4 Å². The lowest BCUT2D eigenvalue weighted by Gasteiger charge is -2.20. The summed E-state index contributed by atoms with van der Waals surface area (Å²) >= 11 is 0. The monoisotopic (exact) mass is 314 g/mol. The predicted molar refractivity (Wildman–Crippen MR) is 81.2 cm³/mol. The summed E-state index contributed by atoms with van der Waals surface area (Å²) in [6.45, 7) is 4.21. The van der Waals surface area contributed by atoms with E-state index in [1.807, 2.05) is 28.8 Å². The van der Waals surface area contributed by atoms with E-state index in [1.54, 1.807) is 6.92 Å². The van der Waals surface area contributed by atoms with Gasteiger partial charge >= 0.3 is 11.9 Å². The first-order valence-corrected chi connectivity index (χ1v) is 6.87. The molecule has 0 fully saturated rings. The van der Waals surface area contributed by atoms with Gasteiger partial charge in [-0.05, 0) is 24.3 Å². The Bertz CT molecular complexity index is 902. The molecule has 23 heavy (non-hydrogen) atoms. The van der Waals surface area contributed by atoms with Crippen molar-refractivity contribution in [2.24, 2.45) is 0 Å². The number of rotatable bonds is 3. The van der Waals surface area contributed by atoms with Crippen molar-refractivity contribution in [1.29, 1.82) is 0 Å². The van der Waals surface area contributed by atoms with Crippen LogP contribution in [0.4, 0.5) is 5.69 Å². The van der Waals surface area contributed by atoms with Crippen LogP contribution in [0.15, 0.2) is 30.6 Å². The van der Waals surface area contributed by atoms with E-state index in [4.69, 9.17) is 9.68 Å². The minimum absolute atomic E-state index is 0.325. The van der Waals surface area contributed by atoms with Crippen LogP contribution in [0.3, 0.4) is 0 Å². The number of carbonyl (C=O) groups is 2. The second-order valence-electron chi connectivity index (χ2n) is 4.90. The summed E-state index contributed by atoms with van der Waals surface area (Å²) < 4.78 is 1.84. The van der Waals surface area contributed by atoms with E-state index in [-0.39, 0.29) is 0 Å². The molecule has 0 saturated carbocycles. The summed E-state index contributed by atoms with van der Waals surface area (Å²) in [6.07, 6.45) is 3.32. The average Bonchev–Trinajstić information content (AvgIpc) is 2.86. The standard InChI is InChI=1S/C15H14N4O4/c1-9-12(19(22-10(2)20)23-11(3)21)8-16-15-14(9)17-13-6-4-5-7-18(13)15/h4-8H,1-3H3. The molecule has 3 heterocycles. The third-order valence-corrected chi connectivity index (χ3v) is 3.17. The van der Waals surface area contributed by atoms with Gasteiger partial charge in [0.2, 0.25) is 0 Å². The van der Waals surface area contributed by atoms with Crippen molar-refractivity contribution >= 4 is 34.4 Å². The molecular formula is C15H14N4O4. The second kappa shape index (κ2) is 5.56. The average molecular weight is 314 g/mol. The Morgan fingerprint density at radius 2 is 1.87 bits per heavy atom. The van der Waals surface area contributed by atoms with Gasteiger partial charge in [0.25, 0.3) is 0 Å². The maximum atomic E-state index is 11.2. The number of carbonyl (C=O) groups excluding carboxylic acids is 2. The van der Waals surface area contributed by atoms with Crippen LogP contribution >= 0.6 is 0 Å². The van der Waals surface area contributed by atoms with Crippen molar-refractivity contribution in [3.63, 3.8) is 0 Å². The molecule has 0 atom stereocenters. The third-order valence-electron chi connectivity index (χ3n) is 3.17. The molecule has 3 aromatic rings. The van der Waals surface area contributed by atoms with Gasteiger partial charge in [0.1, 0.15) is 16.9 Å². The summed E-state index contributed by atoms with van der Waals surface area (Å²) in [6, 6.07) is 5.61. The highest BCUT2D eigenvalue weighted by atomic mass is 17.0. The molecule has 0 saturated heterocycles. The SMILES string of the molecule is CC(=O)ON(OC(C)=O)c1cnc2c(nc3ccccn32)c1C. The first-order chi connectivity index (χ1) is 11.0. The van der Waals surface area contributed by atoms with Gasteiger partial charge in [-0.15, -0.1) is 0 Å². The first-order valence-electron chi connectivity index (χ1n) is 6.87. The van der Waals surface area contributed by atoms with E-state index in [9.17, 15) is 9.59 Å². The summed E-state index contributed by atoms with van der Waals surface area (Å²) in [5.41, 5.74) is 3.01. The lowest BCUT2D eigenvalue weighted by molar-refractivity contribution is -0.171. The summed E-state index contributed by atoms with van der Waals surface area (Å²) in [4.78, 5) is 41.2. The Kier molecular flexibility index (Phi) is 3.57. The zero-order valence-electron chi connectivity index (χ0n) is 12.8. The molecule has 118 valence electrons. The van der Waals surface area contributed by atoms with Gasteiger partial charge in [-0.2, -0.15) is 0 Å². The van der Waals surface area contributed by atoms with E-state index in [2.05, 4.69) is 9.97 Å². The van der Waals surface area contributed by atoms with E-state index in [0.29, 0.717) is 22.4 Å². The summed E-state index contributed by atoms with van der Waals surface area (Å²) in [5.74, 6) is -1.25. The fourth-order valence-electron chi connectivity index (χ4n) is 2.23. The molecule has 3 aromatic heterocycles. The number of nitrogens with zero attached hydrogens (tertiary/aromatic N) is 4. The molecule has 8 nitrogen and oxygen atoms in total. The predicted octanol–water partition coefficient (Wildman–Crippen LogP) is 1.95. The zero-order chi connectivity index (χ0) is 16.6. The molecule has 0 aliphatic rings. The van der Waals surface area contributed by atoms with E-state index >= 15 is 0 Å². The van der Waals surface area contributed by atoms with E-state index in [1.165, 1.54) is 20.0 Å². The Hall–Kier alpha value is -3.16. The number of aromatic nitrogens is 3. The highest BCUT2D eigenvalue weighted by Gasteiger charge is 2.20. The van der Waals surface area contributed by atoms with E-state index < -0.39 is 11.9 Å². The quantitative estimate of drug-likeness (QED) is 0.683. The lowest BCUT2D eigenvalue weighted by atomic mass is 10.2. The number of aryl methyl sites for hydroxylation is 1. The van der Waals surface area contributed by atoms with Crippen LogP contribution in [0.25, 0.3) is 16.8 Å². The molecule has 0 amide bonds. The van der Waals surface area contributed by atoms with Crippen molar-refractivity contribution in [3.05, 3.63) is 36.2 Å². The number of hydrogen-bond acceptors (Lipinski definition) is 7. The van der Waals surface area contributed by atoms with E-state index in [0.717, 1.165) is 10.9 Å². The Labute approximate surface area is 131 Å². The van der Waals surface area contributed by atoms with Gasteiger partial charge in [-0.3, -0.25) is 4.40 Å².